The summed E-state index contributed by atoms with van der Waals surface area (Å²) in [6.45, 7) is 1.36. The van der Waals surface area contributed by atoms with Gasteiger partial charge in [-0.1, -0.05) is 0 Å². The number of amides is 1. The number of carboxylic acid groups (broad SMARTS) is 1. The topological polar surface area (TPSA) is 117 Å². The van der Waals surface area contributed by atoms with E-state index >= 15 is 0 Å². The molecule has 1 aromatic rings. The van der Waals surface area contributed by atoms with Crippen molar-refractivity contribution in [2.45, 2.75) is 23.5 Å². The Bertz CT molecular complexity index is 634. The smallest absolute Gasteiger partial charge is 0.356 e. The molecular weight excluding hydrogens is 318 g/mol. The molecule has 1 amide bonds. The highest BCUT2D eigenvalue weighted by Crippen LogP contribution is 2.19. The Morgan fingerprint density at radius 3 is 2.67 bits per heavy atom. The van der Waals surface area contributed by atoms with Crippen LogP contribution in [0.15, 0.2) is 9.72 Å². The average Bonchev–Trinajstić information content (AvgIpc) is 3.10. The molecule has 21 heavy (non-hydrogen) atoms. The number of aromatic carboxylic acids is 1. The minimum absolute atomic E-state index is 0.0560. The van der Waals surface area contributed by atoms with E-state index in [1.54, 1.807) is 4.90 Å². The third-order valence-electron chi connectivity index (χ3n) is 3.07. The highest BCUT2D eigenvalue weighted by molar-refractivity contribution is 7.91. The average molecular weight is 333 g/mol. The van der Waals surface area contributed by atoms with Crippen molar-refractivity contribution in [3.8, 4) is 0 Å². The highest BCUT2D eigenvalue weighted by Gasteiger charge is 2.26. The number of sulfonamides is 1. The van der Waals surface area contributed by atoms with E-state index in [1.807, 2.05) is 0 Å². The molecule has 0 unspecified atom stereocenters. The fourth-order valence-corrected chi connectivity index (χ4v) is 4.27. The van der Waals surface area contributed by atoms with Gasteiger partial charge < -0.3 is 10.0 Å². The van der Waals surface area contributed by atoms with Gasteiger partial charge in [0.25, 0.3) is 10.0 Å². The van der Waals surface area contributed by atoms with Crippen molar-refractivity contribution in [1.29, 1.82) is 0 Å². The Morgan fingerprint density at radius 1 is 1.38 bits per heavy atom. The van der Waals surface area contributed by atoms with Gasteiger partial charge in [0.15, 0.2) is 9.90 Å². The van der Waals surface area contributed by atoms with Crippen LogP contribution in [0, 0.1) is 0 Å². The summed E-state index contributed by atoms with van der Waals surface area (Å²) in [6.07, 6.45) is 2.00. The maximum absolute atomic E-state index is 12.0. The van der Waals surface area contributed by atoms with Crippen LogP contribution < -0.4 is 4.72 Å². The molecule has 1 aliphatic heterocycles. The van der Waals surface area contributed by atoms with Crippen molar-refractivity contribution in [2.75, 3.05) is 19.6 Å². The molecule has 0 aliphatic carbocycles. The predicted molar refractivity (Wildman–Crippen MR) is 74.7 cm³/mol. The number of likely N-dealkylation sites (tertiary alicyclic amines) is 1. The number of hydrogen-bond acceptors (Lipinski definition) is 6. The van der Waals surface area contributed by atoms with Crippen LogP contribution in [0.3, 0.4) is 0 Å². The van der Waals surface area contributed by atoms with Crippen LogP contribution >= 0.6 is 11.3 Å². The lowest BCUT2D eigenvalue weighted by molar-refractivity contribution is -0.129. The molecule has 0 radical (unpaired) electrons. The second-order valence-corrected chi connectivity index (χ2v) is 7.35. The number of rotatable bonds is 6. The van der Waals surface area contributed by atoms with Gasteiger partial charge >= 0.3 is 5.97 Å². The standard InChI is InChI=1S/C11H15N3O5S2/c15-8(14-5-1-2-6-14)3-4-13-21(18,19)11-9(10(16)17)12-7-20-11/h7,13H,1-6H2,(H,16,17). The van der Waals surface area contributed by atoms with Crippen molar-refractivity contribution in [3.05, 3.63) is 11.2 Å². The summed E-state index contributed by atoms with van der Waals surface area (Å²) in [5, 5.41) is 8.87. The van der Waals surface area contributed by atoms with Crippen LogP contribution in [0.4, 0.5) is 0 Å². The number of carbonyl (C=O) groups excluding carboxylic acids is 1. The van der Waals surface area contributed by atoms with Gasteiger partial charge in [-0.15, -0.1) is 11.3 Å². The second kappa shape index (κ2) is 6.50. The summed E-state index contributed by atoms with van der Waals surface area (Å²) in [7, 11) is -3.96. The van der Waals surface area contributed by atoms with Gasteiger partial charge in [0.1, 0.15) is 0 Å². The van der Waals surface area contributed by atoms with Crippen molar-refractivity contribution in [1.82, 2.24) is 14.6 Å². The zero-order valence-corrected chi connectivity index (χ0v) is 12.7. The second-order valence-electron chi connectivity index (χ2n) is 4.53. The molecule has 116 valence electrons. The molecule has 0 saturated carbocycles. The van der Waals surface area contributed by atoms with E-state index < -0.39 is 21.7 Å². The van der Waals surface area contributed by atoms with Crippen LogP contribution in [0.25, 0.3) is 0 Å². The van der Waals surface area contributed by atoms with Crippen molar-refractivity contribution in [2.24, 2.45) is 0 Å². The van der Waals surface area contributed by atoms with Gasteiger partial charge in [0.2, 0.25) is 5.91 Å². The van der Waals surface area contributed by atoms with Gasteiger partial charge in [-0.05, 0) is 12.8 Å². The van der Waals surface area contributed by atoms with E-state index in [9.17, 15) is 18.0 Å². The van der Waals surface area contributed by atoms with Crippen molar-refractivity contribution >= 4 is 33.2 Å². The van der Waals surface area contributed by atoms with E-state index in [1.165, 1.54) is 0 Å². The van der Waals surface area contributed by atoms with Crippen LogP contribution in [-0.2, 0) is 14.8 Å². The number of nitrogens with zero attached hydrogens (tertiary/aromatic N) is 2. The monoisotopic (exact) mass is 333 g/mol. The molecule has 0 atom stereocenters. The van der Waals surface area contributed by atoms with Crippen molar-refractivity contribution in [3.63, 3.8) is 0 Å². The van der Waals surface area contributed by atoms with Crippen LogP contribution in [0.5, 0.6) is 0 Å². The molecule has 2 rings (SSSR count). The Hall–Kier alpha value is -1.52. The Morgan fingerprint density at radius 2 is 2.05 bits per heavy atom. The lowest BCUT2D eigenvalue weighted by Crippen LogP contribution is -2.32. The highest BCUT2D eigenvalue weighted by atomic mass is 32.2. The number of nitrogens with one attached hydrogen (secondary N) is 1. The molecule has 2 N–H and O–H groups in total. The summed E-state index contributed by atoms with van der Waals surface area (Å²) < 4.78 is 25.9. The molecule has 0 aromatic carbocycles. The third-order valence-corrected chi connectivity index (χ3v) is 5.90. The molecule has 1 fully saturated rings. The summed E-state index contributed by atoms with van der Waals surface area (Å²) in [5.41, 5.74) is 0.659. The zero-order chi connectivity index (χ0) is 15.5. The molecular formula is C11H15N3O5S2. The number of carboxylic acids is 1. The normalized spacial score (nSPS) is 15.3. The Labute approximate surface area is 125 Å². The molecule has 0 bridgehead atoms. The number of carbonyl (C=O) groups is 2. The molecule has 1 aliphatic rings. The number of thiazole rings is 1. The Kier molecular flexibility index (Phi) is 4.91. The zero-order valence-electron chi connectivity index (χ0n) is 11.1. The number of hydrogen-bond donors (Lipinski definition) is 2. The minimum Gasteiger partial charge on any atom is -0.476 e. The summed E-state index contributed by atoms with van der Waals surface area (Å²) in [6, 6.07) is 0. The lowest BCUT2D eigenvalue weighted by Gasteiger charge is -2.15. The molecule has 8 nitrogen and oxygen atoms in total. The van der Waals surface area contributed by atoms with Gasteiger partial charge in [0, 0.05) is 26.1 Å². The molecule has 1 saturated heterocycles. The number of aromatic nitrogens is 1. The maximum atomic E-state index is 12.0. The van der Waals surface area contributed by atoms with E-state index in [-0.39, 0.29) is 23.1 Å². The summed E-state index contributed by atoms with van der Waals surface area (Å²) in [4.78, 5) is 27.9. The third kappa shape index (κ3) is 3.77. The fourth-order valence-electron chi connectivity index (χ4n) is 2.05. The van der Waals surface area contributed by atoms with Gasteiger partial charge in [-0.3, -0.25) is 4.79 Å². The minimum atomic E-state index is -3.96. The fraction of sp³-hybridized carbons (Fsp3) is 0.545. The molecule has 1 aromatic heterocycles. The van der Waals surface area contributed by atoms with Gasteiger partial charge in [0.05, 0.1) is 5.51 Å². The van der Waals surface area contributed by atoms with E-state index in [2.05, 4.69) is 9.71 Å². The van der Waals surface area contributed by atoms with E-state index in [4.69, 9.17) is 5.11 Å². The molecule has 2 heterocycles. The Balaban J connectivity index is 1.93. The summed E-state index contributed by atoms with van der Waals surface area (Å²) in [5.74, 6) is -1.50. The first kappa shape index (κ1) is 15.9. The summed E-state index contributed by atoms with van der Waals surface area (Å²) >= 11 is 0.731. The quantitative estimate of drug-likeness (QED) is 0.764. The van der Waals surface area contributed by atoms with Crippen LogP contribution in [0.2, 0.25) is 0 Å². The molecule has 10 heteroatoms. The van der Waals surface area contributed by atoms with E-state index in [0.29, 0.717) is 13.1 Å². The van der Waals surface area contributed by atoms with Crippen LogP contribution in [-0.4, -0.2) is 54.9 Å². The first-order chi connectivity index (χ1) is 9.92. The largest absolute Gasteiger partial charge is 0.476 e. The van der Waals surface area contributed by atoms with Gasteiger partial charge in [-0.2, -0.15) is 0 Å². The van der Waals surface area contributed by atoms with Gasteiger partial charge in [-0.25, -0.2) is 22.9 Å². The SMILES string of the molecule is O=C(O)c1ncsc1S(=O)(=O)NCCC(=O)N1CCCC1. The van der Waals surface area contributed by atoms with Crippen molar-refractivity contribution < 1.29 is 23.1 Å². The van der Waals surface area contributed by atoms with Crippen LogP contribution in [0.1, 0.15) is 29.8 Å². The first-order valence-corrected chi connectivity index (χ1v) is 8.72. The molecule has 0 spiro atoms. The maximum Gasteiger partial charge on any atom is 0.356 e. The lowest BCUT2D eigenvalue weighted by atomic mass is 10.4. The van der Waals surface area contributed by atoms with E-state index in [0.717, 1.165) is 29.7 Å². The predicted octanol–water partition coefficient (Wildman–Crippen LogP) is 0.132. The first-order valence-electron chi connectivity index (χ1n) is 6.36.